The van der Waals surface area contributed by atoms with Crippen molar-refractivity contribution in [1.82, 2.24) is 0 Å². The molecule has 0 spiro atoms. The van der Waals surface area contributed by atoms with Crippen molar-refractivity contribution in [2.75, 3.05) is 24.9 Å². The van der Waals surface area contributed by atoms with E-state index < -0.39 is 0 Å². The fourth-order valence-corrected chi connectivity index (χ4v) is 2.47. The highest BCUT2D eigenvalue weighted by Crippen LogP contribution is 2.30. The van der Waals surface area contributed by atoms with E-state index in [4.69, 9.17) is 9.47 Å². The third kappa shape index (κ3) is 4.97. The largest absolute Gasteiger partial charge is 0.493 e. The van der Waals surface area contributed by atoms with Crippen molar-refractivity contribution in [3.8, 4) is 11.5 Å². The Kier molecular flexibility index (Phi) is 6.00. The third-order valence-corrected chi connectivity index (χ3v) is 3.66. The minimum Gasteiger partial charge on any atom is -0.493 e. The summed E-state index contributed by atoms with van der Waals surface area (Å²) in [7, 11) is 3.14. The van der Waals surface area contributed by atoms with Gasteiger partial charge in [-0.1, -0.05) is 6.07 Å². The zero-order chi connectivity index (χ0) is 18.4. The molecule has 0 unspecified atom stereocenters. The van der Waals surface area contributed by atoms with Crippen LogP contribution in [0.4, 0.5) is 11.4 Å². The van der Waals surface area contributed by atoms with E-state index in [0.717, 1.165) is 11.1 Å². The molecule has 0 aliphatic heterocycles. The molecule has 0 saturated carbocycles. The van der Waals surface area contributed by atoms with Gasteiger partial charge in [0.15, 0.2) is 11.5 Å². The lowest BCUT2D eigenvalue weighted by Crippen LogP contribution is -2.15. The predicted octanol–water partition coefficient (Wildman–Crippen LogP) is 3.15. The van der Waals surface area contributed by atoms with E-state index in [-0.39, 0.29) is 18.2 Å². The Morgan fingerprint density at radius 1 is 0.960 bits per heavy atom. The van der Waals surface area contributed by atoms with E-state index in [2.05, 4.69) is 10.6 Å². The summed E-state index contributed by atoms with van der Waals surface area (Å²) in [5.74, 6) is 0.899. The highest BCUT2D eigenvalue weighted by molar-refractivity contribution is 5.94. The number of hydrogen-bond donors (Lipinski definition) is 2. The van der Waals surface area contributed by atoms with Crippen LogP contribution in [0.25, 0.3) is 0 Å². The number of methoxy groups -OCH3 is 2. The Morgan fingerprint density at radius 2 is 1.56 bits per heavy atom. The van der Waals surface area contributed by atoms with Crippen LogP contribution in [0.2, 0.25) is 0 Å². The fraction of sp³-hybridized carbons (Fsp3) is 0.263. The number of benzene rings is 2. The molecule has 2 rings (SSSR count). The van der Waals surface area contributed by atoms with Gasteiger partial charge < -0.3 is 20.1 Å². The lowest BCUT2D eigenvalue weighted by molar-refractivity contribution is -0.116. The molecule has 2 aromatic carbocycles. The Labute approximate surface area is 147 Å². The van der Waals surface area contributed by atoms with Crippen molar-refractivity contribution in [1.29, 1.82) is 0 Å². The van der Waals surface area contributed by atoms with Gasteiger partial charge in [-0.2, -0.15) is 0 Å². The molecule has 25 heavy (non-hydrogen) atoms. The van der Waals surface area contributed by atoms with E-state index in [9.17, 15) is 9.59 Å². The molecule has 0 heterocycles. The second-order valence-electron chi connectivity index (χ2n) is 5.62. The Balaban J connectivity index is 2.11. The fourth-order valence-electron chi connectivity index (χ4n) is 2.47. The number of carbonyl (C=O) groups is 2. The highest BCUT2D eigenvalue weighted by Gasteiger charge is 2.12. The highest BCUT2D eigenvalue weighted by atomic mass is 16.5. The molecule has 0 aromatic heterocycles. The molecule has 0 aliphatic rings. The summed E-state index contributed by atoms with van der Waals surface area (Å²) in [5.41, 5.74) is 3.05. The van der Waals surface area contributed by atoms with Gasteiger partial charge in [0.25, 0.3) is 0 Å². The second kappa shape index (κ2) is 8.19. The molecule has 0 aliphatic carbocycles. The third-order valence-electron chi connectivity index (χ3n) is 3.66. The molecule has 2 aromatic rings. The van der Waals surface area contributed by atoms with Crippen molar-refractivity contribution >= 4 is 23.2 Å². The molecule has 0 radical (unpaired) electrons. The second-order valence-corrected chi connectivity index (χ2v) is 5.62. The number of amides is 2. The van der Waals surface area contributed by atoms with Gasteiger partial charge in [-0.25, -0.2) is 0 Å². The number of hydrogen-bond acceptors (Lipinski definition) is 4. The molecule has 0 atom stereocenters. The smallest absolute Gasteiger partial charge is 0.228 e. The summed E-state index contributed by atoms with van der Waals surface area (Å²) >= 11 is 0. The molecule has 132 valence electrons. The van der Waals surface area contributed by atoms with Crippen LogP contribution in [0, 0.1) is 6.92 Å². The summed E-state index contributed by atoms with van der Waals surface area (Å²) in [6.07, 6.45) is 0.205. The topological polar surface area (TPSA) is 76.7 Å². The quantitative estimate of drug-likeness (QED) is 0.845. The summed E-state index contributed by atoms with van der Waals surface area (Å²) in [4.78, 5) is 23.5. The molecule has 0 bridgehead atoms. The maximum atomic E-state index is 12.4. The van der Waals surface area contributed by atoms with Crippen molar-refractivity contribution in [3.05, 3.63) is 47.5 Å². The zero-order valence-electron chi connectivity index (χ0n) is 14.8. The van der Waals surface area contributed by atoms with Crippen molar-refractivity contribution in [2.45, 2.75) is 20.3 Å². The first-order valence-electron chi connectivity index (χ1n) is 7.82. The van der Waals surface area contributed by atoms with Gasteiger partial charge in [0, 0.05) is 18.3 Å². The van der Waals surface area contributed by atoms with Gasteiger partial charge in [-0.05, 0) is 48.4 Å². The number of aryl methyl sites for hydroxylation is 1. The van der Waals surface area contributed by atoms with Crippen LogP contribution in [0.3, 0.4) is 0 Å². The number of rotatable bonds is 6. The average Bonchev–Trinajstić information content (AvgIpc) is 2.55. The van der Waals surface area contributed by atoms with Crippen molar-refractivity contribution in [2.24, 2.45) is 0 Å². The first-order valence-corrected chi connectivity index (χ1v) is 7.82. The van der Waals surface area contributed by atoms with Crippen LogP contribution in [0.1, 0.15) is 18.1 Å². The minimum absolute atomic E-state index is 0.157. The summed E-state index contributed by atoms with van der Waals surface area (Å²) < 4.78 is 10.5. The molecular weight excluding hydrogens is 320 g/mol. The van der Waals surface area contributed by atoms with E-state index in [0.29, 0.717) is 22.9 Å². The van der Waals surface area contributed by atoms with E-state index in [1.54, 1.807) is 38.5 Å². The van der Waals surface area contributed by atoms with Crippen molar-refractivity contribution in [3.63, 3.8) is 0 Å². The van der Waals surface area contributed by atoms with Crippen LogP contribution < -0.4 is 20.1 Å². The molecule has 2 N–H and O–H groups in total. The van der Waals surface area contributed by atoms with Crippen LogP contribution in [0.5, 0.6) is 11.5 Å². The standard InChI is InChI=1S/C19H22N2O4/c1-12-8-17(24-3)18(25-4)9-14(12)10-19(23)21-16-7-5-6-15(11-16)20-13(2)22/h5-9,11H,10H2,1-4H3,(H,20,22)(H,21,23). The lowest BCUT2D eigenvalue weighted by Gasteiger charge is -2.13. The Hall–Kier alpha value is -3.02. The molecule has 2 amide bonds. The van der Waals surface area contributed by atoms with Gasteiger partial charge in [0.1, 0.15) is 0 Å². The van der Waals surface area contributed by atoms with Crippen LogP contribution in [0.15, 0.2) is 36.4 Å². The number of carbonyl (C=O) groups excluding carboxylic acids is 2. The predicted molar refractivity (Wildman–Crippen MR) is 97.4 cm³/mol. The van der Waals surface area contributed by atoms with E-state index in [1.807, 2.05) is 19.1 Å². The SMILES string of the molecule is COc1cc(C)c(CC(=O)Nc2cccc(NC(C)=O)c2)cc1OC. The van der Waals surface area contributed by atoms with Crippen molar-refractivity contribution < 1.29 is 19.1 Å². The van der Waals surface area contributed by atoms with Gasteiger partial charge in [0.2, 0.25) is 11.8 Å². The monoisotopic (exact) mass is 342 g/mol. The van der Waals surface area contributed by atoms with Gasteiger partial charge in [-0.3, -0.25) is 9.59 Å². The molecule has 0 saturated heterocycles. The lowest BCUT2D eigenvalue weighted by atomic mass is 10.0. The maximum Gasteiger partial charge on any atom is 0.228 e. The van der Waals surface area contributed by atoms with Gasteiger partial charge in [0.05, 0.1) is 20.6 Å². The summed E-state index contributed by atoms with van der Waals surface area (Å²) in [6, 6.07) is 10.7. The maximum absolute atomic E-state index is 12.4. The minimum atomic E-state index is -0.163. The zero-order valence-corrected chi connectivity index (χ0v) is 14.8. The Bertz CT molecular complexity index is 787. The Morgan fingerprint density at radius 3 is 2.16 bits per heavy atom. The van der Waals surface area contributed by atoms with E-state index >= 15 is 0 Å². The normalized spacial score (nSPS) is 10.1. The number of nitrogens with one attached hydrogen (secondary N) is 2. The van der Waals surface area contributed by atoms with Crippen LogP contribution in [-0.4, -0.2) is 26.0 Å². The van der Waals surface area contributed by atoms with E-state index in [1.165, 1.54) is 6.92 Å². The molecule has 0 fully saturated rings. The first-order chi connectivity index (χ1) is 11.9. The number of anilines is 2. The first kappa shape index (κ1) is 18.3. The van der Waals surface area contributed by atoms with Gasteiger partial charge in [-0.15, -0.1) is 0 Å². The van der Waals surface area contributed by atoms with Crippen LogP contribution >= 0.6 is 0 Å². The molecule has 6 heteroatoms. The van der Waals surface area contributed by atoms with Crippen LogP contribution in [-0.2, 0) is 16.0 Å². The number of ether oxygens (including phenoxy) is 2. The van der Waals surface area contributed by atoms with Gasteiger partial charge >= 0.3 is 0 Å². The molecular formula is C19H22N2O4. The summed E-state index contributed by atoms with van der Waals surface area (Å²) in [5, 5.41) is 5.52. The average molecular weight is 342 g/mol. The summed E-state index contributed by atoms with van der Waals surface area (Å²) in [6.45, 7) is 3.35. The molecule has 6 nitrogen and oxygen atoms in total.